The molecular weight excluding hydrogens is 801 g/mol. The van der Waals surface area contributed by atoms with Crippen LogP contribution >= 0.6 is 0 Å². The summed E-state index contributed by atoms with van der Waals surface area (Å²) in [6.45, 7) is 0. The monoisotopic (exact) mass is 846 g/mol. The van der Waals surface area contributed by atoms with Gasteiger partial charge in [0, 0.05) is 22.1 Å². The Balaban J connectivity index is 0.867. The number of hydrogen-bond donors (Lipinski definition) is 0. The van der Waals surface area contributed by atoms with Crippen LogP contribution in [0.5, 0.6) is 0 Å². The minimum atomic E-state index is 0.0280. The molecule has 4 fully saturated rings. The van der Waals surface area contributed by atoms with Crippen LogP contribution in [0.1, 0.15) is 48.8 Å². The van der Waals surface area contributed by atoms with Crippen LogP contribution in [0.2, 0.25) is 0 Å². The summed E-state index contributed by atoms with van der Waals surface area (Å²) >= 11 is 0. The Morgan fingerprint density at radius 3 is 1.20 bits per heavy atom. The van der Waals surface area contributed by atoms with Gasteiger partial charge in [-0.1, -0.05) is 158 Å². The third-order valence-electron chi connectivity index (χ3n) is 15.6. The van der Waals surface area contributed by atoms with Crippen molar-refractivity contribution in [2.24, 2.45) is 23.7 Å². The van der Waals surface area contributed by atoms with E-state index < -0.39 is 0 Å². The second kappa shape index (κ2) is 15.5. The minimum Gasteiger partial charge on any atom is -0.208 e. The van der Waals surface area contributed by atoms with Crippen LogP contribution in [-0.4, -0.2) is 15.0 Å². The zero-order chi connectivity index (χ0) is 43.8. The standard InChI is InChI=1S/C62H46N4/c63-38-39-17-19-42(20-18-39)43-21-23-44(24-22-43)50-25-27-55-56-28-26-51(37-58(56)62(57(55)36-50)53-30-40-29-41(32-53)33-54(62)31-40)48-14-7-13-47(34-48)49-15-8-16-52(35-49)61-65-59(45-9-3-1-4-10-45)64-60(66-61)46-11-5-2-6-12-46/h1-28,34-37,40-41,53-54H,29-33H2. The molecule has 0 atom stereocenters. The van der Waals surface area contributed by atoms with Crippen LogP contribution < -0.4 is 0 Å². The van der Waals surface area contributed by atoms with Gasteiger partial charge in [0.15, 0.2) is 17.5 Å². The third-order valence-corrected chi connectivity index (χ3v) is 15.6. The van der Waals surface area contributed by atoms with E-state index in [1.54, 1.807) is 11.1 Å². The van der Waals surface area contributed by atoms with E-state index >= 15 is 0 Å². The van der Waals surface area contributed by atoms with Crippen molar-refractivity contribution in [3.05, 3.63) is 211 Å². The number of fused-ring (bicyclic) bond motifs is 3. The highest BCUT2D eigenvalue weighted by molar-refractivity contribution is 5.88. The highest BCUT2D eigenvalue weighted by atomic mass is 15.0. The fourth-order valence-electron chi connectivity index (χ4n) is 12.8. The van der Waals surface area contributed by atoms with E-state index in [0.29, 0.717) is 34.9 Å². The van der Waals surface area contributed by atoms with E-state index in [0.717, 1.165) is 50.8 Å². The molecule has 0 unspecified atom stereocenters. The van der Waals surface area contributed by atoms with E-state index in [9.17, 15) is 5.26 Å². The van der Waals surface area contributed by atoms with Crippen molar-refractivity contribution in [2.45, 2.75) is 37.5 Å². The molecule has 4 bridgehead atoms. The van der Waals surface area contributed by atoms with Crippen molar-refractivity contribution in [3.8, 4) is 95.9 Å². The summed E-state index contributed by atoms with van der Waals surface area (Å²) in [5, 5.41) is 9.30. The SMILES string of the molecule is N#Cc1ccc(-c2ccc(-c3ccc4c(c3)C3(c5cc(-c6cccc(-c7cccc(-c8nc(-c9ccccc9)nc(-c9ccccc9)n8)c7)c6)ccc5-4)C4CC5CC(C4)CC3C5)cc2)cc1. The molecule has 4 heteroatoms. The average Bonchev–Trinajstić information content (AvgIpc) is 3.67. The molecule has 14 rings (SSSR count). The normalized spacial score (nSPS) is 20.8. The molecule has 4 nitrogen and oxygen atoms in total. The smallest absolute Gasteiger partial charge is 0.164 e. The number of rotatable bonds is 7. The average molecular weight is 847 g/mol. The van der Waals surface area contributed by atoms with Crippen molar-refractivity contribution in [1.29, 1.82) is 5.26 Å². The first-order valence-corrected chi connectivity index (χ1v) is 23.6. The van der Waals surface area contributed by atoms with Gasteiger partial charge in [0.25, 0.3) is 0 Å². The molecule has 0 radical (unpaired) electrons. The molecular formula is C62H46N4. The Bertz CT molecular complexity index is 3280. The highest BCUT2D eigenvalue weighted by Crippen LogP contribution is 2.69. The van der Waals surface area contributed by atoms with Crippen LogP contribution in [0.25, 0.3) is 89.8 Å². The maximum Gasteiger partial charge on any atom is 0.164 e. The minimum absolute atomic E-state index is 0.0280. The molecule has 4 saturated carbocycles. The quantitative estimate of drug-likeness (QED) is 0.160. The molecule has 8 aromatic carbocycles. The van der Waals surface area contributed by atoms with Gasteiger partial charge in [0.05, 0.1) is 11.6 Å². The molecule has 1 heterocycles. The van der Waals surface area contributed by atoms with Crippen LogP contribution in [0.15, 0.2) is 194 Å². The van der Waals surface area contributed by atoms with Crippen molar-refractivity contribution in [3.63, 3.8) is 0 Å². The first kappa shape index (κ1) is 38.7. The summed E-state index contributed by atoms with van der Waals surface area (Å²) in [6, 6.07) is 71.9. The lowest BCUT2D eigenvalue weighted by Gasteiger charge is -2.61. The summed E-state index contributed by atoms with van der Waals surface area (Å²) in [5.74, 6) is 5.03. The molecule has 1 aromatic heterocycles. The van der Waals surface area contributed by atoms with Crippen LogP contribution in [0.4, 0.5) is 0 Å². The summed E-state index contributed by atoms with van der Waals surface area (Å²) in [4.78, 5) is 15.0. The molecule has 1 spiro atoms. The number of nitrogens with zero attached hydrogens (tertiary/aromatic N) is 4. The highest BCUT2D eigenvalue weighted by Gasteiger charge is 2.61. The summed E-state index contributed by atoms with van der Waals surface area (Å²) < 4.78 is 0. The number of benzene rings is 8. The van der Waals surface area contributed by atoms with Gasteiger partial charge in [0.1, 0.15) is 0 Å². The zero-order valence-electron chi connectivity index (χ0n) is 36.6. The van der Waals surface area contributed by atoms with Crippen molar-refractivity contribution in [1.82, 2.24) is 15.0 Å². The van der Waals surface area contributed by atoms with Crippen molar-refractivity contribution in [2.75, 3.05) is 0 Å². The van der Waals surface area contributed by atoms with Gasteiger partial charge in [-0.15, -0.1) is 0 Å². The zero-order valence-corrected chi connectivity index (χ0v) is 36.6. The van der Waals surface area contributed by atoms with Crippen molar-refractivity contribution < 1.29 is 0 Å². The molecule has 314 valence electrons. The van der Waals surface area contributed by atoms with Gasteiger partial charge in [0.2, 0.25) is 0 Å². The van der Waals surface area contributed by atoms with E-state index in [4.69, 9.17) is 15.0 Å². The van der Waals surface area contributed by atoms with Crippen LogP contribution in [0, 0.1) is 35.0 Å². The third kappa shape index (κ3) is 6.37. The fraction of sp³-hybridized carbons (Fsp3) is 0.161. The second-order valence-electron chi connectivity index (χ2n) is 19.2. The molecule has 0 saturated heterocycles. The lowest BCUT2D eigenvalue weighted by molar-refractivity contribution is -0.0399. The molecule has 0 N–H and O–H groups in total. The molecule has 9 aromatic rings. The Hall–Kier alpha value is -7.74. The molecule has 5 aliphatic rings. The first-order chi connectivity index (χ1) is 32.6. The van der Waals surface area contributed by atoms with Gasteiger partial charge in [-0.3, -0.25) is 0 Å². The number of hydrogen-bond acceptors (Lipinski definition) is 4. The fourth-order valence-corrected chi connectivity index (χ4v) is 12.8. The summed E-state index contributed by atoms with van der Waals surface area (Å²) in [6.07, 6.45) is 6.79. The van der Waals surface area contributed by atoms with Gasteiger partial charge >= 0.3 is 0 Å². The van der Waals surface area contributed by atoms with Crippen LogP contribution in [-0.2, 0) is 5.41 Å². The van der Waals surface area contributed by atoms with Crippen molar-refractivity contribution >= 4 is 0 Å². The van der Waals surface area contributed by atoms with E-state index in [1.165, 1.54) is 65.5 Å². The Morgan fingerprint density at radius 1 is 0.348 bits per heavy atom. The molecule has 0 aliphatic heterocycles. The molecule has 5 aliphatic carbocycles. The van der Waals surface area contributed by atoms with Gasteiger partial charge in [-0.05, 0) is 159 Å². The summed E-state index contributed by atoms with van der Waals surface area (Å²) in [5.41, 5.74) is 19.2. The molecule has 0 amide bonds. The van der Waals surface area contributed by atoms with Gasteiger partial charge in [-0.2, -0.15) is 5.26 Å². The van der Waals surface area contributed by atoms with E-state index in [-0.39, 0.29) is 5.41 Å². The van der Waals surface area contributed by atoms with E-state index in [2.05, 4.69) is 140 Å². The van der Waals surface area contributed by atoms with Gasteiger partial charge in [-0.25, -0.2) is 15.0 Å². The predicted molar refractivity (Wildman–Crippen MR) is 266 cm³/mol. The maximum atomic E-state index is 9.30. The largest absolute Gasteiger partial charge is 0.208 e. The van der Waals surface area contributed by atoms with E-state index in [1.807, 2.05) is 60.7 Å². The number of aromatic nitrogens is 3. The lowest BCUT2D eigenvalue weighted by atomic mass is 9.43. The maximum absolute atomic E-state index is 9.30. The Kier molecular flexibility index (Phi) is 9.07. The van der Waals surface area contributed by atoms with Crippen LogP contribution in [0.3, 0.4) is 0 Å². The molecule has 66 heavy (non-hydrogen) atoms. The van der Waals surface area contributed by atoms with Gasteiger partial charge < -0.3 is 0 Å². The first-order valence-electron chi connectivity index (χ1n) is 23.6. The second-order valence-corrected chi connectivity index (χ2v) is 19.2. The predicted octanol–water partition coefficient (Wildman–Crippen LogP) is 15.1. The topological polar surface area (TPSA) is 62.5 Å². The Labute approximate surface area is 386 Å². The summed E-state index contributed by atoms with van der Waals surface area (Å²) in [7, 11) is 0. The Morgan fingerprint density at radius 2 is 0.712 bits per heavy atom. The number of nitriles is 1. The lowest BCUT2D eigenvalue weighted by Crippen LogP contribution is -2.55.